The number of anilines is 2. The lowest BCUT2D eigenvalue weighted by atomic mass is 9.63. The molecule has 1 amide bonds. The van der Waals surface area contributed by atoms with Crippen LogP contribution in [-0.2, 0) is 15.0 Å². The zero-order chi connectivity index (χ0) is 25.2. The summed E-state index contributed by atoms with van der Waals surface area (Å²) in [7, 11) is 0. The molecule has 1 fully saturated rings. The monoisotopic (exact) mass is 476 g/mol. The van der Waals surface area contributed by atoms with Crippen molar-refractivity contribution in [2.24, 2.45) is 11.3 Å². The molecule has 6 rings (SSSR count). The second-order valence-corrected chi connectivity index (χ2v) is 10.9. The van der Waals surface area contributed by atoms with E-state index in [1.165, 1.54) is 0 Å². The maximum Gasteiger partial charge on any atom is 0.238 e. The predicted molar refractivity (Wildman–Crippen MR) is 141 cm³/mol. The van der Waals surface area contributed by atoms with Crippen LogP contribution in [0.25, 0.3) is 6.08 Å². The van der Waals surface area contributed by atoms with Gasteiger partial charge in [0.1, 0.15) is 11.5 Å². The van der Waals surface area contributed by atoms with Crippen molar-refractivity contribution >= 4 is 34.9 Å². The minimum Gasteiger partial charge on any atom is -0.352 e. The summed E-state index contributed by atoms with van der Waals surface area (Å²) in [5.41, 5.74) is 1.84. The average molecular weight is 477 g/mol. The quantitative estimate of drug-likeness (QED) is 0.523. The van der Waals surface area contributed by atoms with E-state index in [9.17, 15) is 14.4 Å². The van der Waals surface area contributed by atoms with Crippen molar-refractivity contribution in [3.8, 4) is 0 Å². The van der Waals surface area contributed by atoms with Crippen LogP contribution < -0.4 is 10.2 Å². The molecule has 3 aliphatic rings. The zero-order valence-electron chi connectivity index (χ0n) is 20.6. The number of rotatable bonds is 3. The van der Waals surface area contributed by atoms with E-state index in [4.69, 9.17) is 0 Å². The third-order valence-electron chi connectivity index (χ3n) is 7.89. The zero-order valence-corrected chi connectivity index (χ0v) is 20.6. The molecule has 1 spiro atoms. The summed E-state index contributed by atoms with van der Waals surface area (Å²) in [4.78, 5) is 45.0. The average Bonchev–Trinajstić information content (AvgIpc) is 3.36. The Bertz CT molecular complexity index is 1440. The largest absolute Gasteiger partial charge is 0.352 e. The van der Waals surface area contributed by atoms with E-state index in [0.29, 0.717) is 11.3 Å². The molecule has 0 aliphatic carbocycles. The first kappa shape index (κ1) is 22.5. The van der Waals surface area contributed by atoms with E-state index in [1.807, 2.05) is 99.7 Å². The summed E-state index contributed by atoms with van der Waals surface area (Å²) in [5.74, 6) is -1.39. The minimum atomic E-state index is -1.25. The van der Waals surface area contributed by atoms with E-state index >= 15 is 0 Å². The van der Waals surface area contributed by atoms with Crippen molar-refractivity contribution in [3.05, 3.63) is 102 Å². The van der Waals surface area contributed by atoms with Crippen LogP contribution in [0, 0.1) is 11.3 Å². The number of carbonyl (C=O) groups is 3. The van der Waals surface area contributed by atoms with Gasteiger partial charge in [-0.1, -0.05) is 99.7 Å². The number of amides is 1. The lowest BCUT2D eigenvalue weighted by Gasteiger charge is -2.38. The molecule has 3 heterocycles. The Hall–Kier alpha value is -3.99. The lowest BCUT2D eigenvalue weighted by Crippen LogP contribution is -2.51. The van der Waals surface area contributed by atoms with Gasteiger partial charge in [-0.15, -0.1) is 0 Å². The van der Waals surface area contributed by atoms with Crippen LogP contribution in [0.4, 0.5) is 11.4 Å². The number of hydrogen-bond donors (Lipinski definition) is 1. The first-order valence-corrected chi connectivity index (χ1v) is 12.4. The molecule has 1 N–H and O–H groups in total. The number of benzene rings is 3. The topological polar surface area (TPSA) is 66.5 Å². The third kappa shape index (κ3) is 2.92. The van der Waals surface area contributed by atoms with Crippen molar-refractivity contribution < 1.29 is 14.4 Å². The van der Waals surface area contributed by atoms with Crippen molar-refractivity contribution in [3.63, 3.8) is 0 Å². The molecule has 0 radical (unpaired) electrons. The van der Waals surface area contributed by atoms with Gasteiger partial charge in [0.05, 0.1) is 12.0 Å². The van der Waals surface area contributed by atoms with Gasteiger partial charge >= 0.3 is 0 Å². The van der Waals surface area contributed by atoms with Gasteiger partial charge in [-0.2, -0.15) is 0 Å². The maximum absolute atomic E-state index is 14.5. The normalized spacial score (nSPS) is 25.8. The number of Topliss-reactive ketones (excluding diaryl/α,β-unsaturated/α-hetero) is 2. The minimum absolute atomic E-state index is 0.0547. The fourth-order valence-electron chi connectivity index (χ4n) is 6.35. The smallest absolute Gasteiger partial charge is 0.238 e. The molecule has 180 valence electrons. The highest BCUT2D eigenvalue weighted by Gasteiger charge is 2.70. The summed E-state index contributed by atoms with van der Waals surface area (Å²) in [5, 5.41) is 3.06. The Balaban J connectivity index is 1.69. The van der Waals surface area contributed by atoms with Crippen LogP contribution >= 0.6 is 0 Å². The summed E-state index contributed by atoms with van der Waals surface area (Å²) in [6.45, 7) is 5.65. The molecular weight excluding hydrogens is 448 g/mol. The van der Waals surface area contributed by atoms with E-state index < -0.39 is 28.8 Å². The van der Waals surface area contributed by atoms with Gasteiger partial charge in [0.2, 0.25) is 5.91 Å². The van der Waals surface area contributed by atoms with Crippen LogP contribution in [0.3, 0.4) is 0 Å². The number of nitrogens with one attached hydrogen (secondary N) is 1. The molecule has 3 aromatic carbocycles. The molecule has 4 unspecified atom stereocenters. The Morgan fingerprint density at radius 1 is 0.889 bits per heavy atom. The second kappa shape index (κ2) is 7.76. The van der Waals surface area contributed by atoms with Gasteiger partial charge in [-0.05, 0) is 23.3 Å². The first-order chi connectivity index (χ1) is 17.3. The molecule has 0 saturated carbocycles. The highest BCUT2D eigenvalue weighted by molar-refractivity contribution is 6.17. The molecule has 3 aromatic rings. The van der Waals surface area contributed by atoms with Gasteiger partial charge in [0, 0.05) is 22.4 Å². The molecule has 1 saturated heterocycles. The lowest BCUT2D eigenvalue weighted by molar-refractivity contribution is -0.128. The third-order valence-corrected chi connectivity index (χ3v) is 7.89. The number of fused-ring (bicyclic) bond motifs is 6. The number of para-hydroxylation sites is 2. The molecule has 5 nitrogen and oxygen atoms in total. The van der Waals surface area contributed by atoms with Crippen LogP contribution in [0.15, 0.2) is 84.9 Å². The first-order valence-electron chi connectivity index (χ1n) is 12.4. The fourth-order valence-corrected chi connectivity index (χ4v) is 6.35. The van der Waals surface area contributed by atoms with Crippen LogP contribution in [0.2, 0.25) is 0 Å². The van der Waals surface area contributed by atoms with E-state index in [2.05, 4.69) is 10.2 Å². The van der Waals surface area contributed by atoms with Crippen molar-refractivity contribution in [1.29, 1.82) is 0 Å². The highest BCUT2D eigenvalue weighted by atomic mass is 16.2. The molecule has 0 bridgehead atoms. The Morgan fingerprint density at radius 2 is 1.56 bits per heavy atom. The Morgan fingerprint density at radius 3 is 2.31 bits per heavy atom. The molecule has 4 atom stereocenters. The number of ketones is 2. The Labute approximate surface area is 210 Å². The Kier molecular flexibility index (Phi) is 4.84. The van der Waals surface area contributed by atoms with Crippen molar-refractivity contribution in [2.75, 3.05) is 10.2 Å². The van der Waals surface area contributed by atoms with Crippen molar-refractivity contribution in [2.45, 2.75) is 38.3 Å². The summed E-state index contributed by atoms with van der Waals surface area (Å²) < 4.78 is 0. The van der Waals surface area contributed by atoms with Gasteiger partial charge in [0.25, 0.3) is 0 Å². The van der Waals surface area contributed by atoms with Gasteiger partial charge in [-0.3, -0.25) is 14.4 Å². The molecular formula is C31H28N2O3. The molecule has 0 aromatic heterocycles. The van der Waals surface area contributed by atoms with Crippen LogP contribution in [0.1, 0.15) is 42.3 Å². The summed E-state index contributed by atoms with van der Waals surface area (Å²) in [6.07, 6.45) is 4.02. The second-order valence-electron chi connectivity index (χ2n) is 10.9. The highest BCUT2D eigenvalue weighted by Crippen LogP contribution is 2.58. The van der Waals surface area contributed by atoms with E-state index in [-0.39, 0.29) is 17.5 Å². The van der Waals surface area contributed by atoms with E-state index in [1.54, 1.807) is 12.1 Å². The predicted octanol–water partition coefficient (Wildman–Crippen LogP) is 5.28. The fraction of sp³-hybridized carbons (Fsp3) is 0.258. The number of carbonyl (C=O) groups excluding carboxylic acids is 3. The van der Waals surface area contributed by atoms with E-state index in [0.717, 1.165) is 16.8 Å². The number of nitrogens with zero attached hydrogens (tertiary/aromatic N) is 1. The SMILES string of the molecule is CC(C)(C)C(=O)C1C(C(=O)c2ccccc2)C2(C(=O)Nc3ccccc32)C2C=Cc3ccccc3N12. The van der Waals surface area contributed by atoms with Gasteiger partial charge in [0.15, 0.2) is 11.6 Å². The summed E-state index contributed by atoms with van der Waals surface area (Å²) >= 11 is 0. The standard InChI is InChI=1S/C31H28N2O3/c1-30(2,3)28(35)26-25(27(34)20-12-5-4-6-13-20)31(21-14-8-9-15-22(21)32-29(31)36)24-18-17-19-11-7-10-16-23(19)33(24)26/h4-18,24-26H,1-3H3,(H,32,36). The van der Waals surface area contributed by atoms with Crippen LogP contribution in [0.5, 0.6) is 0 Å². The molecule has 3 aliphatic heterocycles. The van der Waals surface area contributed by atoms with Crippen molar-refractivity contribution in [1.82, 2.24) is 0 Å². The molecule has 5 heteroatoms. The van der Waals surface area contributed by atoms with Gasteiger partial charge < -0.3 is 10.2 Å². The van der Waals surface area contributed by atoms with Gasteiger partial charge in [-0.25, -0.2) is 0 Å². The number of hydrogen-bond acceptors (Lipinski definition) is 4. The maximum atomic E-state index is 14.5. The molecule has 36 heavy (non-hydrogen) atoms. The van der Waals surface area contributed by atoms with Crippen LogP contribution in [-0.4, -0.2) is 29.6 Å². The summed E-state index contributed by atoms with van der Waals surface area (Å²) in [6, 6.07) is 23.2.